The number of aromatic nitrogens is 2. The van der Waals surface area contributed by atoms with Crippen molar-refractivity contribution in [2.45, 2.75) is 30.6 Å². The van der Waals surface area contributed by atoms with Crippen LogP contribution in [0.15, 0.2) is 33.7 Å². The summed E-state index contributed by atoms with van der Waals surface area (Å²) in [7, 11) is -1.95. The number of rotatable bonds is 5. The van der Waals surface area contributed by atoms with Crippen LogP contribution in [0.5, 0.6) is 5.75 Å². The second kappa shape index (κ2) is 5.93. The summed E-state index contributed by atoms with van der Waals surface area (Å²) in [5.74, 6) is 1.93. The van der Waals surface area contributed by atoms with Gasteiger partial charge in [-0.3, -0.25) is 0 Å². The molecule has 3 rings (SSSR count). The van der Waals surface area contributed by atoms with Crippen LogP contribution in [-0.4, -0.2) is 43.1 Å². The van der Waals surface area contributed by atoms with E-state index in [1.54, 1.807) is 31.4 Å². The normalized spacial score (nSPS) is 16.5. The first-order valence-electron chi connectivity index (χ1n) is 7.39. The van der Waals surface area contributed by atoms with Crippen molar-refractivity contribution in [3.63, 3.8) is 0 Å². The van der Waals surface area contributed by atoms with Crippen molar-refractivity contribution in [2.75, 3.05) is 20.2 Å². The van der Waals surface area contributed by atoms with Crippen LogP contribution in [0.1, 0.15) is 37.4 Å². The van der Waals surface area contributed by atoms with E-state index < -0.39 is 10.0 Å². The zero-order valence-corrected chi connectivity index (χ0v) is 14.1. The van der Waals surface area contributed by atoms with Crippen molar-refractivity contribution in [1.29, 1.82) is 0 Å². The van der Waals surface area contributed by atoms with Crippen LogP contribution in [0.25, 0.3) is 0 Å². The van der Waals surface area contributed by atoms with Crippen LogP contribution in [0.3, 0.4) is 0 Å². The molecule has 1 aliphatic rings. The Kier molecular flexibility index (Phi) is 4.11. The van der Waals surface area contributed by atoms with Crippen LogP contribution in [0.4, 0.5) is 0 Å². The van der Waals surface area contributed by atoms with Crippen molar-refractivity contribution >= 4 is 10.0 Å². The van der Waals surface area contributed by atoms with E-state index in [9.17, 15) is 8.42 Å². The predicted octanol–water partition coefficient (Wildman–Crippen LogP) is 1.99. The van der Waals surface area contributed by atoms with Gasteiger partial charge in [-0.25, -0.2) is 8.42 Å². The summed E-state index contributed by atoms with van der Waals surface area (Å²) in [6.07, 6.45) is 0. The molecule has 0 aliphatic carbocycles. The monoisotopic (exact) mass is 337 g/mol. The third-order valence-electron chi connectivity index (χ3n) is 3.87. The van der Waals surface area contributed by atoms with Crippen LogP contribution in [0, 0.1) is 0 Å². The van der Waals surface area contributed by atoms with Gasteiger partial charge in [-0.05, 0) is 24.3 Å². The summed E-state index contributed by atoms with van der Waals surface area (Å²) >= 11 is 0. The van der Waals surface area contributed by atoms with Gasteiger partial charge in [0.25, 0.3) is 0 Å². The Morgan fingerprint density at radius 2 is 1.91 bits per heavy atom. The lowest BCUT2D eigenvalue weighted by molar-refractivity contribution is 0.216. The van der Waals surface area contributed by atoms with E-state index in [1.165, 1.54) is 4.31 Å². The predicted molar refractivity (Wildman–Crippen MR) is 82.9 cm³/mol. The summed E-state index contributed by atoms with van der Waals surface area (Å²) in [4.78, 5) is 4.58. The Bertz CT molecular complexity index is 777. The van der Waals surface area contributed by atoms with E-state index in [0.717, 1.165) is 0 Å². The van der Waals surface area contributed by atoms with Gasteiger partial charge in [-0.15, -0.1) is 0 Å². The van der Waals surface area contributed by atoms with Gasteiger partial charge >= 0.3 is 0 Å². The molecule has 1 aromatic carbocycles. The van der Waals surface area contributed by atoms with Gasteiger partial charge in [-0.2, -0.15) is 9.29 Å². The number of hydrogen-bond acceptors (Lipinski definition) is 6. The van der Waals surface area contributed by atoms with Gasteiger partial charge in [-0.1, -0.05) is 19.0 Å². The first kappa shape index (κ1) is 15.9. The molecule has 0 N–H and O–H groups in total. The molecule has 0 atom stereocenters. The molecule has 2 aromatic rings. The van der Waals surface area contributed by atoms with Crippen LogP contribution < -0.4 is 4.74 Å². The fourth-order valence-electron chi connectivity index (χ4n) is 2.33. The molecule has 0 amide bonds. The number of ether oxygens (including phenoxy) is 1. The van der Waals surface area contributed by atoms with Crippen molar-refractivity contribution in [1.82, 2.24) is 14.4 Å². The third kappa shape index (κ3) is 2.96. The molecular weight excluding hydrogens is 318 g/mol. The highest BCUT2D eigenvalue weighted by atomic mass is 32.2. The molecule has 1 aliphatic heterocycles. The minimum Gasteiger partial charge on any atom is -0.497 e. The molecular formula is C15H19N3O4S. The Labute approximate surface area is 135 Å². The minimum atomic E-state index is -3.49. The number of sulfonamides is 1. The Morgan fingerprint density at radius 1 is 1.26 bits per heavy atom. The maximum absolute atomic E-state index is 12.5. The molecule has 8 heteroatoms. The zero-order valence-electron chi connectivity index (χ0n) is 13.3. The van der Waals surface area contributed by atoms with E-state index in [4.69, 9.17) is 9.26 Å². The second-order valence-corrected chi connectivity index (χ2v) is 7.78. The lowest BCUT2D eigenvalue weighted by Gasteiger charge is -2.35. The molecule has 0 spiro atoms. The SMILES string of the molecule is COc1ccc(S(=O)(=O)N2CC(c3nc(C(C)C)no3)C2)cc1. The highest BCUT2D eigenvalue weighted by Crippen LogP contribution is 2.32. The van der Waals surface area contributed by atoms with Gasteiger partial charge in [0.1, 0.15) is 5.75 Å². The first-order valence-corrected chi connectivity index (χ1v) is 8.83. The van der Waals surface area contributed by atoms with E-state index in [-0.39, 0.29) is 16.7 Å². The van der Waals surface area contributed by atoms with E-state index >= 15 is 0 Å². The van der Waals surface area contributed by atoms with Gasteiger partial charge < -0.3 is 9.26 Å². The fourth-order valence-corrected chi connectivity index (χ4v) is 3.87. The van der Waals surface area contributed by atoms with Gasteiger partial charge in [0.15, 0.2) is 5.82 Å². The number of nitrogens with zero attached hydrogens (tertiary/aromatic N) is 3. The molecule has 124 valence electrons. The molecule has 0 radical (unpaired) electrons. The van der Waals surface area contributed by atoms with Crippen molar-refractivity contribution in [2.24, 2.45) is 0 Å². The fraction of sp³-hybridized carbons (Fsp3) is 0.467. The Balaban J connectivity index is 1.69. The van der Waals surface area contributed by atoms with E-state index in [2.05, 4.69) is 10.1 Å². The second-order valence-electron chi connectivity index (χ2n) is 5.84. The molecule has 7 nitrogen and oxygen atoms in total. The average Bonchev–Trinajstić information content (AvgIpc) is 2.95. The van der Waals surface area contributed by atoms with Gasteiger partial charge in [0.05, 0.1) is 17.9 Å². The molecule has 1 fully saturated rings. The molecule has 23 heavy (non-hydrogen) atoms. The van der Waals surface area contributed by atoms with Crippen molar-refractivity contribution in [3.8, 4) is 5.75 Å². The molecule has 1 saturated heterocycles. The van der Waals surface area contributed by atoms with Crippen molar-refractivity contribution < 1.29 is 17.7 Å². The van der Waals surface area contributed by atoms with Gasteiger partial charge in [0, 0.05) is 19.0 Å². The Morgan fingerprint density at radius 3 is 2.43 bits per heavy atom. The smallest absolute Gasteiger partial charge is 0.243 e. The maximum Gasteiger partial charge on any atom is 0.243 e. The first-order chi connectivity index (χ1) is 10.9. The molecule has 1 aromatic heterocycles. The number of methoxy groups -OCH3 is 1. The summed E-state index contributed by atoms with van der Waals surface area (Å²) in [6, 6.07) is 6.37. The summed E-state index contributed by atoms with van der Waals surface area (Å²) in [6.45, 7) is 4.67. The van der Waals surface area contributed by atoms with E-state index in [0.29, 0.717) is 30.6 Å². The van der Waals surface area contributed by atoms with Crippen molar-refractivity contribution in [3.05, 3.63) is 36.0 Å². The van der Waals surface area contributed by atoms with Gasteiger partial charge in [0.2, 0.25) is 15.9 Å². The lowest BCUT2D eigenvalue weighted by atomic mass is 10.0. The highest BCUT2D eigenvalue weighted by molar-refractivity contribution is 7.89. The van der Waals surface area contributed by atoms with Crippen LogP contribution in [-0.2, 0) is 10.0 Å². The molecule has 0 saturated carbocycles. The average molecular weight is 337 g/mol. The number of benzene rings is 1. The third-order valence-corrected chi connectivity index (χ3v) is 5.71. The minimum absolute atomic E-state index is 0.0389. The summed E-state index contributed by atoms with van der Waals surface area (Å²) < 4.78 is 36.7. The summed E-state index contributed by atoms with van der Waals surface area (Å²) in [5, 5.41) is 3.92. The quantitative estimate of drug-likeness (QED) is 0.829. The summed E-state index contributed by atoms with van der Waals surface area (Å²) in [5.41, 5.74) is 0. The topological polar surface area (TPSA) is 85.5 Å². The van der Waals surface area contributed by atoms with E-state index in [1.807, 2.05) is 13.8 Å². The maximum atomic E-state index is 12.5. The molecule has 2 heterocycles. The largest absolute Gasteiger partial charge is 0.497 e. The molecule has 0 unspecified atom stereocenters. The standard InChI is InChI=1S/C15H19N3O4S/c1-10(2)14-16-15(22-17-14)11-8-18(9-11)23(19,20)13-6-4-12(21-3)5-7-13/h4-7,10-11H,8-9H2,1-3H3. The zero-order chi connectivity index (χ0) is 16.6. The number of hydrogen-bond donors (Lipinski definition) is 0. The van der Waals surface area contributed by atoms with Crippen LogP contribution in [0.2, 0.25) is 0 Å². The van der Waals surface area contributed by atoms with Crippen LogP contribution >= 0.6 is 0 Å². The lowest BCUT2D eigenvalue weighted by Crippen LogP contribution is -2.48. The molecule has 0 bridgehead atoms. The highest BCUT2D eigenvalue weighted by Gasteiger charge is 2.40. The Hall–Kier alpha value is -1.93.